The Hall–Kier alpha value is -7.91. The molecule has 0 radical (unpaired) electrons. The van der Waals surface area contributed by atoms with Crippen LogP contribution in [0.5, 0.6) is 0 Å². The summed E-state index contributed by atoms with van der Waals surface area (Å²) in [6, 6.07) is 67.7. The van der Waals surface area contributed by atoms with Gasteiger partial charge in [0.2, 0.25) is 0 Å². The molecular formula is C55H32N6S2. The first-order valence-corrected chi connectivity index (χ1v) is 22.5. The van der Waals surface area contributed by atoms with Gasteiger partial charge in [-0.2, -0.15) is 0 Å². The van der Waals surface area contributed by atoms with Gasteiger partial charge in [-0.25, -0.2) is 24.9 Å². The van der Waals surface area contributed by atoms with Crippen molar-refractivity contribution in [1.82, 2.24) is 29.5 Å². The smallest absolute Gasteiger partial charge is 0.164 e. The maximum absolute atomic E-state index is 5.42. The third-order valence-corrected chi connectivity index (χ3v) is 14.3. The minimum absolute atomic E-state index is 0.623. The van der Waals surface area contributed by atoms with Gasteiger partial charge in [-0.15, -0.1) is 22.7 Å². The number of rotatable bonds is 6. The highest BCUT2D eigenvalue weighted by atomic mass is 32.1. The van der Waals surface area contributed by atoms with Gasteiger partial charge in [-0.3, -0.25) is 0 Å². The molecule has 0 saturated carbocycles. The average molecular weight is 841 g/mol. The third-order valence-electron chi connectivity index (χ3n) is 11.9. The van der Waals surface area contributed by atoms with Crippen LogP contribution in [0.2, 0.25) is 0 Å². The monoisotopic (exact) mass is 840 g/mol. The molecule has 0 saturated heterocycles. The Balaban J connectivity index is 1.06. The Morgan fingerprint density at radius 1 is 0.333 bits per heavy atom. The van der Waals surface area contributed by atoms with E-state index in [1.54, 1.807) is 22.7 Å². The second-order valence-corrected chi connectivity index (χ2v) is 17.7. The summed E-state index contributed by atoms with van der Waals surface area (Å²) < 4.78 is 6.92. The van der Waals surface area contributed by atoms with Crippen LogP contribution in [0.4, 0.5) is 0 Å². The molecule has 5 aromatic heterocycles. The summed E-state index contributed by atoms with van der Waals surface area (Å²) in [6.45, 7) is 0. The quantitative estimate of drug-likeness (QED) is 0.167. The molecule has 63 heavy (non-hydrogen) atoms. The van der Waals surface area contributed by atoms with Crippen LogP contribution in [-0.2, 0) is 0 Å². The summed E-state index contributed by atoms with van der Waals surface area (Å²) in [4.78, 5) is 26.5. The Morgan fingerprint density at radius 3 is 1.62 bits per heavy atom. The highest BCUT2D eigenvalue weighted by molar-refractivity contribution is 7.27. The summed E-state index contributed by atoms with van der Waals surface area (Å²) in [6.07, 6.45) is 0. The van der Waals surface area contributed by atoms with E-state index in [1.165, 1.54) is 4.70 Å². The van der Waals surface area contributed by atoms with Crippen LogP contribution in [0.3, 0.4) is 0 Å². The fraction of sp³-hybridized carbons (Fsp3) is 0. The van der Waals surface area contributed by atoms with Crippen LogP contribution in [0.15, 0.2) is 194 Å². The van der Waals surface area contributed by atoms with Crippen molar-refractivity contribution in [3.63, 3.8) is 0 Å². The van der Waals surface area contributed by atoms with E-state index in [1.807, 2.05) is 36.4 Å². The number of aromatic nitrogens is 6. The number of fused-ring (bicyclic) bond motifs is 9. The zero-order chi connectivity index (χ0) is 41.4. The maximum atomic E-state index is 5.42. The first kappa shape index (κ1) is 35.8. The lowest BCUT2D eigenvalue weighted by atomic mass is 10.0. The van der Waals surface area contributed by atoms with E-state index in [0.717, 1.165) is 96.8 Å². The predicted molar refractivity (Wildman–Crippen MR) is 263 cm³/mol. The van der Waals surface area contributed by atoms with Crippen molar-refractivity contribution in [3.8, 4) is 62.5 Å². The highest BCUT2D eigenvalue weighted by Gasteiger charge is 2.23. The van der Waals surface area contributed by atoms with E-state index in [0.29, 0.717) is 23.3 Å². The van der Waals surface area contributed by atoms with E-state index in [9.17, 15) is 0 Å². The van der Waals surface area contributed by atoms with Gasteiger partial charge in [0.05, 0.1) is 26.9 Å². The molecule has 8 aromatic carbocycles. The lowest BCUT2D eigenvalue weighted by Crippen LogP contribution is -2.01. The van der Waals surface area contributed by atoms with E-state index < -0.39 is 0 Å². The molecule has 0 aliphatic carbocycles. The molecular weight excluding hydrogens is 809 g/mol. The minimum atomic E-state index is 0.623. The second-order valence-electron chi connectivity index (χ2n) is 15.6. The Kier molecular flexibility index (Phi) is 8.15. The molecule has 0 aliphatic heterocycles. The van der Waals surface area contributed by atoms with Crippen molar-refractivity contribution in [2.24, 2.45) is 0 Å². The van der Waals surface area contributed by atoms with E-state index in [4.69, 9.17) is 24.9 Å². The van der Waals surface area contributed by atoms with Crippen LogP contribution in [0.25, 0.3) is 125 Å². The van der Waals surface area contributed by atoms with Crippen LogP contribution < -0.4 is 0 Å². The van der Waals surface area contributed by atoms with Gasteiger partial charge in [0.1, 0.15) is 0 Å². The molecule has 294 valence electrons. The van der Waals surface area contributed by atoms with Crippen LogP contribution in [-0.4, -0.2) is 29.5 Å². The molecule has 0 amide bonds. The van der Waals surface area contributed by atoms with E-state index in [2.05, 4.69) is 162 Å². The Bertz CT molecular complexity index is 3910. The van der Waals surface area contributed by atoms with Gasteiger partial charge in [0, 0.05) is 74.5 Å². The predicted octanol–water partition coefficient (Wildman–Crippen LogP) is 14.8. The van der Waals surface area contributed by atoms with Crippen molar-refractivity contribution < 1.29 is 0 Å². The molecule has 0 fully saturated rings. The largest absolute Gasteiger partial charge is 0.309 e. The van der Waals surface area contributed by atoms with Crippen LogP contribution in [0.1, 0.15) is 0 Å². The summed E-state index contributed by atoms with van der Waals surface area (Å²) in [5.41, 5.74) is 10.1. The summed E-state index contributed by atoms with van der Waals surface area (Å²) in [7, 11) is 0. The number of thiophene rings is 2. The fourth-order valence-corrected chi connectivity index (χ4v) is 11.5. The summed E-state index contributed by atoms with van der Waals surface area (Å²) in [5.74, 6) is 2.59. The Morgan fingerprint density at radius 2 is 0.857 bits per heavy atom. The molecule has 13 rings (SSSR count). The zero-order valence-electron chi connectivity index (χ0n) is 33.5. The lowest BCUT2D eigenvalue weighted by Gasteiger charge is -2.11. The number of para-hydroxylation sites is 2. The molecule has 0 N–H and O–H groups in total. The number of benzene rings is 8. The van der Waals surface area contributed by atoms with Crippen molar-refractivity contribution >= 4 is 85.0 Å². The molecule has 0 unspecified atom stereocenters. The second kappa shape index (κ2) is 14.3. The molecule has 6 nitrogen and oxygen atoms in total. The lowest BCUT2D eigenvalue weighted by molar-refractivity contribution is 1.08. The van der Waals surface area contributed by atoms with Crippen molar-refractivity contribution in [2.75, 3.05) is 0 Å². The molecule has 0 aliphatic rings. The maximum Gasteiger partial charge on any atom is 0.164 e. The normalized spacial score (nSPS) is 11.8. The van der Waals surface area contributed by atoms with Gasteiger partial charge < -0.3 is 4.57 Å². The van der Waals surface area contributed by atoms with Gasteiger partial charge in [0.25, 0.3) is 0 Å². The minimum Gasteiger partial charge on any atom is -0.309 e. The third kappa shape index (κ3) is 5.73. The van der Waals surface area contributed by atoms with Gasteiger partial charge in [-0.1, -0.05) is 158 Å². The first-order valence-electron chi connectivity index (χ1n) is 20.8. The van der Waals surface area contributed by atoms with Gasteiger partial charge in [0.15, 0.2) is 23.3 Å². The average Bonchev–Trinajstić information content (AvgIpc) is 4.04. The number of hydrogen-bond acceptors (Lipinski definition) is 7. The van der Waals surface area contributed by atoms with Gasteiger partial charge >= 0.3 is 0 Å². The molecule has 13 aromatic rings. The SMILES string of the molecule is c1ccc(-c2nc(-c3cccc4sc5c(-c6nc(-c7ccccc7)nc7c6sc6ccccc67)cccc5c34)nc(-c3cccc4c3c3ccccc3n4-c3ccccc3)n2)cc1. The topological polar surface area (TPSA) is 69.4 Å². The van der Waals surface area contributed by atoms with Crippen LogP contribution in [0, 0.1) is 0 Å². The van der Waals surface area contributed by atoms with Crippen molar-refractivity contribution in [2.45, 2.75) is 0 Å². The molecule has 0 spiro atoms. The van der Waals surface area contributed by atoms with Crippen LogP contribution >= 0.6 is 22.7 Å². The van der Waals surface area contributed by atoms with Gasteiger partial charge in [-0.05, 0) is 36.4 Å². The molecule has 8 heteroatoms. The van der Waals surface area contributed by atoms with E-state index >= 15 is 0 Å². The molecule has 0 atom stereocenters. The summed E-state index contributed by atoms with van der Waals surface area (Å²) in [5, 5.41) is 5.63. The number of nitrogens with zero attached hydrogens (tertiary/aromatic N) is 6. The standard InChI is InChI=1S/C55H32N6S2/c1-4-17-33(18-5-1)52-56-48-37-24-11-13-31-44(37)62-51(48)49(57-52)41-28-14-25-38-47-40(27-16-32-45(47)63-50(38)41)55-59-53(34-19-6-2-7-20-34)58-54(60-55)39-26-15-30-43-46(39)36-23-10-12-29-42(36)61(43)35-21-8-3-9-22-35/h1-32H. The summed E-state index contributed by atoms with van der Waals surface area (Å²) >= 11 is 3.54. The zero-order valence-corrected chi connectivity index (χ0v) is 35.1. The Labute approximate surface area is 369 Å². The fourth-order valence-electron chi connectivity index (χ4n) is 9.10. The van der Waals surface area contributed by atoms with Crippen molar-refractivity contribution in [3.05, 3.63) is 194 Å². The molecule has 5 heterocycles. The first-order chi connectivity index (χ1) is 31.2. The highest BCUT2D eigenvalue weighted by Crippen LogP contribution is 2.47. The van der Waals surface area contributed by atoms with Crippen molar-refractivity contribution in [1.29, 1.82) is 0 Å². The van der Waals surface area contributed by atoms with E-state index in [-0.39, 0.29) is 0 Å². The number of hydrogen-bond donors (Lipinski definition) is 0. The molecule has 0 bridgehead atoms.